The Morgan fingerprint density at radius 2 is 1.18 bits per heavy atom. The third-order valence-corrected chi connectivity index (χ3v) is 0.211. The maximum absolute atomic E-state index is 8.93. The maximum Gasteiger partial charge on any atom is 0.318 e. The molecule has 15 heteroatoms. The normalized spacial score (nSPS) is 8.36. The Morgan fingerprint density at radius 1 is 1.14 bits per heavy atom. The molecule has 0 spiro atoms. The van der Waals surface area contributed by atoms with Crippen molar-refractivity contribution in [2.24, 2.45) is 17.2 Å². The van der Waals surface area contributed by atoms with E-state index < -0.39 is 9.85 Å². The van der Waals surface area contributed by atoms with Crippen molar-refractivity contribution >= 4 is 34.9 Å². The van der Waals surface area contributed by atoms with Crippen LogP contribution in [0.15, 0.2) is 0 Å². The molecule has 138 valence electrons. The van der Waals surface area contributed by atoms with Crippen molar-refractivity contribution in [3.8, 4) is 0 Å². The molecule has 14 nitrogen and oxygen atoms in total. The second-order valence-electron chi connectivity index (χ2n) is 0.996. The monoisotopic (exact) mass is 403 g/mol. The molecule has 0 aliphatic carbocycles. The van der Waals surface area contributed by atoms with Gasteiger partial charge in [0.15, 0.2) is 0 Å². The number of nitrogens with zero attached hydrogens (tertiary/aromatic N) is 2. The number of hydrogen-bond acceptors (Lipinski definition) is 11. The zero-order valence-electron chi connectivity index (χ0n) is 18.6. The summed E-state index contributed by atoms with van der Waals surface area (Å²) in [5.74, 6) is 1.81. The second-order valence-corrected chi connectivity index (χ2v) is 0.996. The summed E-state index contributed by atoms with van der Waals surface area (Å²) in [4.78, 5) is 16.2. The molecule has 0 saturated carbocycles. The minimum atomic E-state index is -0.833. The van der Waals surface area contributed by atoms with Gasteiger partial charge in [0.25, 0.3) is 0 Å². The molecule has 0 aliphatic heterocycles. The number of nitrogens with two attached hydrogens (primary N) is 3. The van der Waals surface area contributed by atoms with E-state index in [9.17, 15) is 0 Å². The molecule has 0 amide bonds. The van der Waals surface area contributed by atoms with Gasteiger partial charge >= 0.3 is 12.7 Å². The van der Waals surface area contributed by atoms with Crippen molar-refractivity contribution in [3.63, 3.8) is 0 Å². The van der Waals surface area contributed by atoms with Gasteiger partial charge in [-0.05, 0) is 29.8 Å². The molecule has 22 heavy (non-hydrogen) atoms. The molecule has 0 atom stereocenters. The molecule has 0 aromatic rings. The lowest BCUT2D eigenvalue weighted by Gasteiger charge is -1.72. The number of rotatable bonds is 2. The average molecular weight is 404 g/mol. The molecule has 0 aliphatic rings. The third kappa shape index (κ3) is 1380. The highest BCUT2D eigenvalue weighted by Gasteiger charge is 1.66. The number of aliphatic hydroxyl groups excluding tert-OH is 1. The first-order valence-electron chi connectivity index (χ1n) is 6.95. The van der Waals surface area contributed by atoms with Gasteiger partial charge in [-0.3, -0.25) is 5.41 Å². The van der Waals surface area contributed by atoms with E-state index in [1.165, 1.54) is 20.2 Å². The van der Waals surface area contributed by atoms with Gasteiger partial charge in [-0.15, -0.1) is 10.8 Å². The molecule has 0 unspecified atom stereocenters. The van der Waals surface area contributed by atoms with Crippen LogP contribution in [0.2, 0.25) is 8.47 Å². The lowest BCUT2D eigenvalue weighted by atomic mass is 11.4. The van der Waals surface area contributed by atoms with Crippen LogP contribution >= 0.6 is 15.9 Å². The molecular formula is C7H28BrN9O5. The Morgan fingerprint density at radius 3 is 1.18 bits per heavy atom. The Balaban J connectivity index is -0.0000000278. The van der Waals surface area contributed by atoms with Crippen LogP contribution in [0.25, 0.3) is 0 Å². The number of halogens is 1. The Bertz CT molecular complexity index is 281. The first-order valence-corrected chi connectivity index (χ1v) is 5.75. The zero-order chi connectivity index (χ0) is 25.1. The van der Waals surface area contributed by atoms with Crippen molar-refractivity contribution in [1.82, 2.24) is 6.14 Å². The van der Waals surface area contributed by atoms with E-state index in [0.29, 0.717) is 11.4 Å². The zero-order valence-corrected chi connectivity index (χ0v) is 14.1. The fourth-order valence-corrected chi connectivity index (χ4v) is 0. The predicted molar refractivity (Wildman–Crippen MR) is 92.8 cm³/mol. The van der Waals surface area contributed by atoms with Gasteiger partial charge in [0.05, 0.1) is 6.34 Å². The van der Waals surface area contributed by atoms with Crippen molar-refractivity contribution in [3.05, 3.63) is 20.2 Å². The standard InChI is InChI=1S/CH3Br.2CH2N2O2.CH4N2.2CH5N.CH4O.H3N/c1-2;2*2-1-3(4)5;2-1-3;3*1-2;/h1H3;2*1-2H;1H,(H3,2,3);2*2H2,1H3;2H,1H3;1H3/i/hD6. The van der Waals surface area contributed by atoms with Crippen molar-refractivity contribution in [2.75, 3.05) is 27.0 Å². The van der Waals surface area contributed by atoms with E-state index in [-0.39, 0.29) is 12.7 Å². The fourth-order valence-electron chi connectivity index (χ4n) is 0. The summed E-state index contributed by atoms with van der Waals surface area (Å²) in [7, 11) is 3.67. The summed E-state index contributed by atoms with van der Waals surface area (Å²) < 4.78 is 35.6. The minimum Gasteiger partial charge on any atom is -0.400 e. The predicted octanol–water partition coefficient (Wildman–Crippen LogP) is -0.776. The largest absolute Gasteiger partial charge is 0.400 e. The smallest absolute Gasteiger partial charge is 0.318 e. The van der Waals surface area contributed by atoms with Gasteiger partial charge in [0.2, 0.25) is 0 Å². The lowest BCUT2D eigenvalue weighted by Crippen LogP contribution is -1.87. The van der Waals surface area contributed by atoms with Crippen molar-refractivity contribution in [2.45, 2.75) is 0 Å². The van der Waals surface area contributed by atoms with Crippen LogP contribution in [-0.2, 0) is 0 Å². The SMILES string of the molecule is CBr.CO.N=CN.N=C[N+](=O)[O-].N=C[N+](=O)[O-].[2H]N([2H])C.[2H]N([2H])C.[2H]N[2H]. The number of hydrogen-bond donors (Lipinski definition) is 8. The molecule has 0 rings (SSSR count). The van der Waals surface area contributed by atoms with Gasteiger partial charge < -0.3 is 48.6 Å². The van der Waals surface area contributed by atoms with E-state index in [0.717, 1.165) is 13.4 Å². The van der Waals surface area contributed by atoms with Crippen molar-refractivity contribution in [1.29, 1.82) is 16.2 Å². The molecule has 0 bridgehead atoms. The molecule has 0 aromatic heterocycles. The molecule has 0 fully saturated rings. The van der Waals surface area contributed by atoms with E-state index in [2.05, 4.69) is 21.7 Å². The molecule has 0 heterocycles. The topological polar surface area (TPSA) is 291 Å². The molecule has 13 N–H and O–H groups in total. The van der Waals surface area contributed by atoms with Crippen LogP contribution in [0.3, 0.4) is 0 Å². The summed E-state index contributed by atoms with van der Waals surface area (Å²) >= 11 is 2.94. The van der Waals surface area contributed by atoms with Crippen LogP contribution in [0.4, 0.5) is 0 Å². The summed E-state index contributed by atoms with van der Waals surface area (Å²) in [6.07, 6.45) is 2.28. The number of aliphatic hydroxyl groups is 1. The van der Waals surface area contributed by atoms with Crippen LogP contribution in [-0.4, -0.2) is 61.0 Å². The number of nitrogens with one attached hydrogen (secondary N) is 3. The third-order valence-electron chi connectivity index (χ3n) is 0.211. The van der Waals surface area contributed by atoms with E-state index in [1.807, 2.05) is 5.83 Å². The summed E-state index contributed by atoms with van der Waals surface area (Å²) in [6.45, 7) is 0. The van der Waals surface area contributed by atoms with E-state index >= 15 is 0 Å². The molecule has 0 radical (unpaired) electrons. The highest BCUT2D eigenvalue weighted by Crippen LogP contribution is 1.46. The summed E-state index contributed by atoms with van der Waals surface area (Å²) in [6, 6.07) is 0. The quantitative estimate of drug-likeness (QED) is 0.0939. The second kappa shape index (κ2) is 127. The lowest BCUT2D eigenvalue weighted by molar-refractivity contribution is -0.340. The van der Waals surface area contributed by atoms with Crippen LogP contribution < -0.4 is 23.3 Å². The van der Waals surface area contributed by atoms with E-state index in [1.54, 1.807) is 0 Å². The Kier molecular flexibility index (Phi) is 128. The summed E-state index contributed by atoms with van der Waals surface area (Å²) in [5, 5.41) is 42.4. The van der Waals surface area contributed by atoms with Crippen LogP contribution in [0.1, 0.15) is 0 Å². The summed E-state index contributed by atoms with van der Waals surface area (Å²) in [5.41, 5.74) is 5.39. The van der Waals surface area contributed by atoms with Gasteiger partial charge in [-0.1, -0.05) is 15.9 Å². The van der Waals surface area contributed by atoms with Gasteiger partial charge in [-0.25, -0.2) is 0 Å². The van der Waals surface area contributed by atoms with Crippen molar-refractivity contribution < 1.29 is 23.4 Å². The molecule has 0 aromatic carbocycles. The Hall–Kier alpha value is -2.07. The van der Waals surface area contributed by atoms with Gasteiger partial charge in [-0.2, -0.15) is 0 Å². The highest BCUT2D eigenvalue weighted by molar-refractivity contribution is 9.08. The van der Waals surface area contributed by atoms with Crippen LogP contribution in [0.5, 0.6) is 0 Å². The molecule has 0 saturated heterocycles. The van der Waals surface area contributed by atoms with Crippen LogP contribution in [0, 0.1) is 36.5 Å². The fraction of sp³-hybridized carbons (Fsp3) is 0.571. The minimum absolute atomic E-state index is 0.139. The Labute approximate surface area is 146 Å². The van der Waals surface area contributed by atoms with Gasteiger partial charge in [0, 0.05) is 7.11 Å². The van der Waals surface area contributed by atoms with E-state index in [4.69, 9.17) is 50.0 Å². The highest BCUT2D eigenvalue weighted by atomic mass is 79.9. The average Bonchev–Trinajstić information content (AvgIpc) is 2.59. The number of alkyl halides is 1. The van der Waals surface area contributed by atoms with Gasteiger partial charge in [0.1, 0.15) is 8.47 Å². The first-order chi connectivity index (χ1) is 12.8. The maximum atomic E-state index is 8.93. The number of nitro groups is 2. The molecular weight excluding hydrogens is 370 g/mol. The first kappa shape index (κ1) is 22.2.